The predicted molar refractivity (Wildman–Crippen MR) is 54.3 cm³/mol. The molecule has 1 aromatic heterocycles. The smallest absolute Gasteiger partial charge is 0.241 e. The van der Waals surface area contributed by atoms with Crippen LogP contribution in [0.1, 0.15) is 16.8 Å². The van der Waals surface area contributed by atoms with Gasteiger partial charge in [-0.2, -0.15) is 26.3 Å². The normalized spacial score (nSPS) is 13.0. The third-order valence-electron chi connectivity index (χ3n) is 2.57. The van der Waals surface area contributed by atoms with E-state index in [-0.39, 0.29) is 17.1 Å². The first-order valence-corrected chi connectivity index (χ1v) is 5.00. The van der Waals surface area contributed by atoms with E-state index in [2.05, 4.69) is 9.97 Å². The van der Waals surface area contributed by atoms with E-state index in [0.717, 1.165) is 6.33 Å². The van der Waals surface area contributed by atoms with Gasteiger partial charge in [-0.3, -0.25) is 0 Å². The van der Waals surface area contributed by atoms with E-state index in [4.69, 9.17) is 0 Å². The van der Waals surface area contributed by atoms with Crippen LogP contribution < -0.4 is 0 Å². The molecule has 2 rings (SSSR count). The molecule has 0 atom stereocenters. The highest BCUT2D eigenvalue weighted by Crippen LogP contribution is 2.39. The number of hydrogen-bond donors (Lipinski definition) is 0. The van der Waals surface area contributed by atoms with Gasteiger partial charge in [0.05, 0.1) is 16.6 Å². The van der Waals surface area contributed by atoms with Crippen molar-refractivity contribution in [2.24, 2.45) is 0 Å². The van der Waals surface area contributed by atoms with Gasteiger partial charge in [-0.15, -0.1) is 0 Å². The van der Waals surface area contributed by atoms with Gasteiger partial charge in [-0.05, 0) is 19.1 Å². The van der Waals surface area contributed by atoms with Crippen LogP contribution >= 0.6 is 0 Å². The zero-order valence-electron chi connectivity index (χ0n) is 9.39. The Kier molecular flexibility index (Phi) is 2.91. The Hall–Kier alpha value is -1.86. The lowest BCUT2D eigenvalue weighted by molar-refractivity contribution is -0.142. The average molecular weight is 280 g/mol. The van der Waals surface area contributed by atoms with Crippen LogP contribution in [0.15, 0.2) is 18.5 Å². The third-order valence-corrected chi connectivity index (χ3v) is 2.57. The maximum absolute atomic E-state index is 12.8. The van der Waals surface area contributed by atoms with E-state index in [1.54, 1.807) is 0 Å². The number of benzene rings is 1. The monoisotopic (exact) mass is 280 g/mol. The fourth-order valence-electron chi connectivity index (χ4n) is 1.67. The molecule has 0 unspecified atom stereocenters. The number of nitrogens with zero attached hydrogens (tertiary/aromatic N) is 2. The Morgan fingerprint density at radius 2 is 1.53 bits per heavy atom. The van der Waals surface area contributed by atoms with Crippen LogP contribution in [0.5, 0.6) is 0 Å². The lowest BCUT2D eigenvalue weighted by Gasteiger charge is -2.14. The minimum atomic E-state index is -4.92. The molecule has 1 aromatic carbocycles. The quantitative estimate of drug-likeness (QED) is 0.682. The molecule has 0 radical (unpaired) electrons. The van der Waals surface area contributed by atoms with Crippen LogP contribution in [-0.4, -0.2) is 9.97 Å². The van der Waals surface area contributed by atoms with Gasteiger partial charge >= 0.3 is 12.4 Å². The van der Waals surface area contributed by atoms with Crippen molar-refractivity contribution in [2.75, 3.05) is 0 Å². The molecule has 1 heterocycles. The first-order valence-electron chi connectivity index (χ1n) is 5.00. The van der Waals surface area contributed by atoms with Crippen molar-refractivity contribution in [3.05, 3.63) is 35.3 Å². The molecule has 8 heteroatoms. The zero-order valence-corrected chi connectivity index (χ0v) is 9.39. The molecule has 0 spiro atoms. The molecule has 0 saturated carbocycles. The molecule has 0 aliphatic carbocycles. The molecule has 0 fully saturated rings. The Bertz CT molecular complexity index is 629. The lowest BCUT2D eigenvalue weighted by Crippen LogP contribution is -2.12. The highest BCUT2D eigenvalue weighted by Gasteiger charge is 2.38. The summed E-state index contributed by atoms with van der Waals surface area (Å²) < 4.78 is 76.2. The Morgan fingerprint density at radius 3 is 2.05 bits per heavy atom. The van der Waals surface area contributed by atoms with Gasteiger partial charge in [-0.1, -0.05) is 0 Å². The van der Waals surface area contributed by atoms with Crippen LogP contribution in [0.3, 0.4) is 0 Å². The summed E-state index contributed by atoms with van der Waals surface area (Å²) in [5.74, 6) is 0. The van der Waals surface area contributed by atoms with Crippen LogP contribution in [0.2, 0.25) is 0 Å². The highest BCUT2D eigenvalue weighted by molar-refractivity contribution is 5.85. The summed E-state index contributed by atoms with van der Waals surface area (Å²) in [6.07, 6.45) is -8.89. The van der Waals surface area contributed by atoms with Gasteiger partial charge in [0.25, 0.3) is 0 Å². The first kappa shape index (κ1) is 13.6. The number of alkyl halides is 6. The summed E-state index contributed by atoms with van der Waals surface area (Å²) in [6.45, 7) is 1.32. The molecule has 19 heavy (non-hydrogen) atoms. The van der Waals surface area contributed by atoms with Crippen molar-refractivity contribution in [3.63, 3.8) is 0 Å². The predicted octanol–water partition coefficient (Wildman–Crippen LogP) is 3.98. The molecule has 0 saturated heterocycles. The molecule has 0 N–H and O–H groups in total. The second-order valence-electron chi connectivity index (χ2n) is 3.87. The Morgan fingerprint density at radius 1 is 0.895 bits per heavy atom. The van der Waals surface area contributed by atoms with Crippen molar-refractivity contribution >= 4 is 10.9 Å². The number of fused-ring (bicyclic) bond motifs is 1. The molecule has 0 aliphatic heterocycles. The number of hydrogen-bond acceptors (Lipinski definition) is 2. The van der Waals surface area contributed by atoms with E-state index in [0.29, 0.717) is 6.07 Å². The fraction of sp³-hybridized carbons (Fsp3) is 0.273. The molecular weight excluding hydrogens is 274 g/mol. The van der Waals surface area contributed by atoms with Crippen molar-refractivity contribution in [2.45, 2.75) is 19.3 Å². The van der Waals surface area contributed by atoms with Crippen LogP contribution in [-0.2, 0) is 12.4 Å². The molecule has 0 aliphatic rings. The summed E-state index contributed by atoms with van der Waals surface area (Å²) in [4.78, 5) is 7.04. The molecule has 2 aromatic rings. The summed E-state index contributed by atoms with van der Waals surface area (Å²) in [7, 11) is 0. The van der Waals surface area contributed by atoms with Gasteiger partial charge in [0.15, 0.2) is 0 Å². The molecule has 102 valence electrons. The van der Waals surface area contributed by atoms with Crippen molar-refractivity contribution < 1.29 is 26.3 Å². The van der Waals surface area contributed by atoms with E-state index >= 15 is 0 Å². The summed E-state index contributed by atoms with van der Waals surface area (Å²) in [5.41, 5.74) is -3.26. The summed E-state index contributed by atoms with van der Waals surface area (Å²) in [5, 5.41) is -0.260. The highest BCUT2D eigenvalue weighted by atomic mass is 19.4. The molecule has 0 bridgehead atoms. The SMILES string of the molecule is Cc1ncnc2c(C(F)(F)F)cc(C(F)(F)F)cc12. The Balaban J connectivity index is 2.89. The van der Waals surface area contributed by atoms with Crippen molar-refractivity contribution in [3.8, 4) is 0 Å². The van der Waals surface area contributed by atoms with Crippen molar-refractivity contribution in [1.82, 2.24) is 9.97 Å². The third kappa shape index (κ3) is 2.47. The molecule has 0 amide bonds. The number of aryl methyl sites for hydroxylation is 1. The summed E-state index contributed by atoms with van der Waals surface area (Å²) in [6, 6.07) is 0.689. The standard InChI is InChI=1S/C11H6F6N2/c1-5-7-2-6(10(12,13)14)3-8(11(15,16)17)9(7)19-4-18-5/h2-4H,1H3. The van der Waals surface area contributed by atoms with E-state index in [9.17, 15) is 26.3 Å². The maximum atomic E-state index is 12.8. The first-order chi connectivity index (χ1) is 8.60. The largest absolute Gasteiger partial charge is 0.418 e. The van der Waals surface area contributed by atoms with E-state index in [1.807, 2.05) is 0 Å². The maximum Gasteiger partial charge on any atom is 0.418 e. The van der Waals surface area contributed by atoms with E-state index < -0.39 is 29.0 Å². The van der Waals surface area contributed by atoms with Gasteiger partial charge in [0.1, 0.15) is 6.33 Å². The van der Waals surface area contributed by atoms with Crippen LogP contribution in [0.25, 0.3) is 10.9 Å². The molecular formula is C11H6F6N2. The number of rotatable bonds is 0. The average Bonchev–Trinajstić information content (AvgIpc) is 2.25. The molecule has 2 nitrogen and oxygen atoms in total. The number of aromatic nitrogens is 2. The van der Waals surface area contributed by atoms with Crippen LogP contribution in [0.4, 0.5) is 26.3 Å². The number of halogens is 6. The second kappa shape index (κ2) is 4.07. The van der Waals surface area contributed by atoms with Gasteiger partial charge in [0.2, 0.25) is 0 Å². The lowest BCUT2D eigenvalue weighted by atomic mass is 10.0. The summed E-state index contributed by atoms with van der Waals surface area (Å²) >= 11 is 0. The Labute approximate surface area is 103 Å². The van der Waals surface area contributed by atoms with Crippen LogP contribution in [0, 0.1) is 6.92 Å². The minimum absolute atomic E-state index is 0.0570. The zero-order chi connectivity index (χ0) is 14.4. The minimum Gasteiger partial charge on any atom is -0.241 e. The van der Waals surface area contributed by atoms with E-state index in [1.165, 1.54) is 6.92 Å². The van der Waals surface area contributed by atoms with Gasteiger partial charge < -0.3 is 0 Å². The van der Waals surface area contributed by atoms with Gasteiger partial charge in [-0.25, -0.2) is 9.97 Å². The fourth-order valence-corrected chi connectivity index (χ4v) is 1.67. The second-order valence-corrected chi connectivity index (χ2v) is 3.87. The van der Waals surface area contributed by atoms with Crippen molar-refractivity contribution in [1.29, 1.82) is 0 Å². The topological polar surface area (TPSA) is 25.8 Å². The van der Waals surface area contributed by atoms with Gasteiger partial charge in [0, 0.05) is 11.1 Å².